The van der Waals surface area contributed by atoms with E-state index in [9.17, 15) is 9.50 Å². The van der Waals surface area contributed by atoms with Crippen LogP contribution in [0.3, 0.4) is 0 Å². The molecule has 0 saturated carbocycles. The third-order valence-electron chi connectivity index (χ3n) is 2.69. The maximum absolute atomic E-state index is 13.3. The van der Waals surface area contributed by atoms with Gasteiger partial charge in [0, 0.05) is 20.0 Å². The lowest BCUT2D eigenvalue weighted by Crippen LogP contribution is -2.29. The Morgan fingerprint density at radius 3 is 2.56 bits per heavy atom. The first-order chi connectivity index (χ1) is 7.44. The van der Waals surface area contributed by atoms with E-state index in [0.717, 1.165) is 0 Å². The number of rotatable bonds is 5. The zero-order chi connectivity index (χ0) is 12.2. The Morgan fingerprint density at radius 1 is 1.38 bits per heavy atom. The minimum atomic E-state index is -0.591. The van der Waals surface area contributed by atoms with Crippen molar-refractivity contribution in [1.82, 2.24) is 0 Å². The van der Waals surface area contributed by atoms with E-state index in [4.69, 9.17) is 4.74 Å². The molecule has 0 spiro atoms. The molecule has 0 fully saturated rings. The zero-order valence-corrected chi connectivity index (χ0v) is 10.0. The van der Waals surface area contributed by atoms with Gasteiger partial charge in [-0.25, -0.2) is 4.39 Å². The van der Waals surface area contributed by atoms with Crippen LogP contribution in [-0.2, 0) is 11.2 Å². The minimum absolute atomic E-state index is 0.267. The number of hydrogen-bond acceptors (Lipinski definition) is 2. The Kier molecular flexibility index (Phi) is 4.44. The first-order valence-corrected chi connectivity index (χ1v) is 5.41. The number of aliphatic hydroxyl groups is 1. The fourth-order valence-corrected chi connectivity index (χ4v) is 1.64. The van der Waals surface area contributed by atoms with E-state index in [1.165, 1.54) is 6.07 Å². The van der Waals surface area contributed by atoms with Gasteiger partial charge >= 0.3 is 0 Å². The lowest BCUT2D eigenvalue weighted by atomic mass is 9.96. The lowest BCUT2D eigenvalue weighted by molar-refractivity contribution is -0.0192. The highest BCUT2D eigenvalue weighted by molar-refractivity contribution is 5.18. The summed E-state index contributed by atoms with van der Waals surface area (Å²) in [6.07, 6.45) is 0.212. The fraction of sp³-hybridized carbons (Fsp3) is 0.538. The van der Waals surface area contributed by atoms with Gasteiger partial charge in [0.1, 0.15) is 5.82 Å². The fourth-order valence-electron chi connectivity index (χ4n) is 1.64. The molecule has 1 N–H and O–H groups in total. The van der Waals surface area contributed by atoms with Crippen molar-refractivity contribution in [2.75, 3.05) is 7.11 Å². The summed E-state index contributed by atoms with van der Waals surface area (Å²) in [6.45, 7) is 3.80. The van der Waals surface area contributed by atoms with Gasteiger partial charge in [-0.05, 0) is 25.5 Å². The van der Waals surface area contributed by atoms with Crippen molar-refractivity contribution in [1.29, 1.82) is 0 Å². The van der Waals surface area contributed by atoms with Crippen LogP contribution in [-0.4, -0.2) is 23.9 Å². The topological polar surface area (TPSA) is 29.5 Å². The zero-order valence-electron chi connectivity index (χ0n) is 10.0. The number of halogens is 1. The van der Waals surface area contributed by atoms with Crippen LogP contribution in [0.1, 0.15) is 25.8 Å². The van der Waals surface area contributed by atoms with Crippen molar-refractivity contribution < 1.29 is 14.2 Å². The number of benzene rings is 1. The van der Waals surface area contributed by atoms with E-state index in [-0.39, 0.29) is 11.4 Å². The summed E-state index contributed by atoms with van der Waals surface area (Å²) in [6, 6.07) is 6.51. The summed E-state index contributed by atoms with van der Waals surface area (Å²) < 4.78 is 18.5. The Balaban J connectivity index is 2.58. The highest BCUT2D eigenvalue weighted by Gasteiger charge is 2.22. The molecule has 1 rings (SSSR count). The third-order valence-corrected chi connectivity index (χ3v) is 2.69. The van der Waals surface area contributed by atoms with Gasteiger partial charge in [0.25, 0.3) is 0 Å². The largest absolute Gasteiger partial charge is 0.393 e. The highest BCUT2D eigenvalue weighted by Crippen LogP contribution is 2.19. The lowest BCUT2D eigenvalue weighted by Gasteiger charge is -2.25. The smallest absolute Gasteiger partial charge is 0.126 e. The summed E-state index contributed by atoms with van der Waals surface area (Å²) in [4.78, 5) is 0. The van der Waals surface area contributed by atoms with Gasteiger partial charge in [-0.2, -0.15) is 0 Å². The average molecular weight is 226 g/mol. The first kappa shape index (κ1) is 13.1. The van der Waals surface area contributed by atoms with Gasteiger partial charge in [0.15, 0.2) is 0 Å². The first-order valence-electron chi connectivity index (χ1n) is 5.41. The van der Waals surface area contributed by atoms with E-state index in [1.54, 1.807) is 25.3 Å². The molecule has 0 saturated heterocycles. The van der Waals surface area contributed by atoms with Gasteiger partial charge in [-0.3, -0.25) is 0 Å². The molecule has 0 aliphatic heterocycles. The van der Waals surface area contributed by atoms with Gasteiger partial charge in [-0.15, -0.1) is 0 Å². The van der Waals surface area contributed by atoms with Gasteiger partial charge in [0.05, 0.1) is 11.7 Å². The number of aliphatic hydroxyl groups excluding tert-OH is 1. The second-order valence-electron chi connectivity index (χ2n) is 4.62. The molecule has 1 aromatic carbocycles. The van der Waals surface area contributed by atoms with E-state index in [0.29, 0.717) is 18.4 Å². The number of hydrogen-bond donors (Lipinski definition) is 1. The monoisotopic (exact) mass is 226 g/mol. The maximum atomic E-state index is 13.3. The normalized spacial score (nSPS) is 13.8. The van der Waals surface area contributed by atoms with E-state index < -0.39 is 6.10 Å². The molecule has 1 unspecified atom stereocenters. The molecule has 0 aliphatic rings. The standard InChI is InChI=1S/C13H19FO2/c1-13(2,16-3)9-11(15)8-10-6-4-5-7-12(10)14/h4-7,11,15H,8-9H2,1-3H3. The maximum Gasteiger partial charge on any atom is 0.126 e. The Hall–Kier alpha value is -0.930. The van der Waals surface area contributed by atoms with Crippen LogP contribution in [0.25, 0.3) is 0 Å². The minimum Gasteiger partial charge on any atom is -0.393 e. The molecule has 0 heterocycles. The highest BCUT2D eigenvalue weighted by atomic mass is 19.1. The van der Waals surface area contributed by atoms with Crippen LogP contribution in [0.4, 0.5) is 4.39 Å². The Morgan fingerprint density at radius 2 is 2.00 bits per heavy atom. The van der Waals surface area contributed by atoms with Crippen LogP contribution in [0, 0.1) is 5.82 Å². The van der Waals surface area contributed by atoms with Gasteiger partial charge < -0.3 is 9.84 Å². The predicted molar refractivity (Wildman–Crippen MR) is 61.8 cm³/mol. The predicted octanol–water partition coefficient (Wildman–Crippen LogP) is 2.54. The number of methoxy groups -OCH3 is 1. The molecule has 90 valence electrons. The molecule has 0 aromatic heterocycles. The molecule has 0 radical (unpaired) electrons. The molecule has 16 heavy (non-hydrogen) atoms. The summed E-state index contributed by atoms with van der Waals surface area (Å²) in [7, 11) is 1.61. The third kappa shape index (κ3) is 3.91. The van der Waals surface area contributed by atoms with Crippen LogP contribution in [0.5, 0.6) is 0 Å². The second kappa shape index (κ2) is 5.41. The van der Waals surface area contributed by atoms with Crippen LogP contribution in [0.2, 0.25) is 0 Å². The van der Waals surface area contributed by atoms with Crippen LogP contribution < -0.4 is 0 Å². The van der Waals surface area contributed by atoms with Crippen molar-refractivity contribution >= 4 is 0 Å². The van der Waals surface area contributed by atoms with Gasteiger partial charge in [0.2, 0.25) is 0 Å². The summed E-state index contributed by atoms with van der Waals surface area (Å²) >= 11 is 0. The second-order valence-corrected chi connectivity index (χ2v) is 4.62. The Labute approximate surface area is 96.1 Å². The number of ether oxygens (including phenoxy) is 1. The van der Waals surface area contributed by atoms with Crippen molar-refractivity contribution in [3.63, 3.8) is 0 Å². The van der Waals surface area contributed by atoms with E-state index in [2.05, 4.69) is 0 Å². The molecule has 0 bridgehead atoms. The summed E-state index contributed by atoms with van der Waals surface area (Å²) in [5.41, 5.74) is 0.159. The molecule has 1 atom stereocenters. The molecule has 0 amide bonds. The van der Waals surface area contributed by atoms with Gasteiger partial charge in [-0.1, -0.05) is 18.2 Å². The molecular weight excluding hydrogens is 207 g/mol. The molecular formula is C13H19FO2. The summed E-state index contributed by atoms with van der Waals surface area (Å²) in [5, 5.41) is 9.85. The Bertz CT molecular complexity index is 336. The van der Waals surface area contributed by atoms with Crippen LogP contribution >= 0.6 is 0 Å². The molecule has 3 heteroatoms. The quantitative estimate of drug-likeness (QED) is 0.836. The van der Waals surface area contributed by atoms with Crippen LogP contribution in [0.15, 0.2) is 24.3 Å². The van der Waals surface area contributed by atoms with Crippen molar-refractivity contribution in [2.45, 2.75) is 38.4 Å². The van der Waals surface area contributed by atoms with E-state index in [1.807, 2.05) is 13.8 Å². The average Bonchev–Trinajstić information content (AvgIpc) is 2.21. The van der Waals surface area contributed by atoms with E-state index >= 15 is 0 Å². The SMILES string of the molecule is COC(C)(C)CC(O)Cc1ccccc1F. The molecule has 1 aromatic rings. The molecule has 2 nitrogen and oxygen atoms in total. The molecule has 0 aliphatic carbocycles. The van der Waals surface area contributed by atoms with Crippen molar-refractivity contribution in [3.05, 3.63) is 35.6 Å². The van der Waals surface area contributed by atoms with Crippen molar-refractivity contribution in [3.8, 4) is 0 Å². The summed E-state index contributed by atoms with van der Waals surface area (Å²) in [5.74, 6) is -0.267. The van der Waals surface area contributed by atoms with Crippen molar-refractivity contribution in [2.24, 2.45) is 0 Å².